The highest BCUT2D eigenvalue weighted by Crippen LogP contribution is 2.34. The molecule has 0 atom stereocenters. The van der Waals surface area contributed by atoms with Crippen molar-refractivity contribution in [1.29, 1.82) is 0 Å². The SMILES string of the molecule is Cc1cccc(CN(C(=O)C2=C(c3ccc(OCCOc4c(F)ccc(Cl)c4F)cc3)CCNC2)C2CC2)c1C.O=CO. The monoisotopic (exact) mass is 612 g/mol. The van der Waals surface area contributed by atoms with Crippen LogP contribution in [0.2, 0.25) is 5.02 Å². The highest BCUT2D eigenvalue weighted by Gasteiger charge is 2.35. The average molecular weight is 613 g/mol. The fourth-order valence-electron chi connectivity index (χ4n) is 5.00. The Bertz CT molecular complexity index is 1470. The van der Waals surface area contributed by atoms with Crippen LogP contribution in [0.1, 0.15) is 41.5 Å². The highest BCUT2D eigenvalue weighted by atomic mass is 35.5. The van der Waals surface area contributed by atoms with Crippen molar-refractivity contribution < 1.29 is 33.0 Å². The van der Waals surface area contributed by atoms with Gasteiger partial charge >= 0.3 is 0 Å². The van der Waals surface area contributed by atoms with Gasteiger partial charge in [-0.15, -0.1) is 0 Å². The lowest BCUT2D eigenvalue weighted by molar-refractivity contribution is -0.128. The maximum absolute atomic E-state index is 14.0. The molecule has 1 amide bonds. The van der Waals surface area contributed by atoms with E-state index in [1.165, 1.54) is 16.7 Å². The fourth-order valence-corrected chi connectivity index (χ4v) is 5.15. The molecule has 3 aromatic carbocycles. The van der Waals surface area contributed by atoms with Crippen molar-refractivity contribution in [3.63, 3.8) is 0 Å². The molecule has 2 N–H and O–H groups in total. The molecule has 2 aliphatic rings. The van der Waals surface area contributed by atoms with E-state index in [4.69, 9.17) is 31.0 Å². The maximum atomic E-state index is 14.0. The number of benzene rings is 3. The zero-order valence-corrected chi connectivity index (χ0v) is 24.9. The molecule has 1 aliphatic heterocycles. The summed E-state index contributed by atoms with van der Waals surface area (Å²) in [6.07, 6.45) is 2.84. The third-order valence-electron chi connectivity index (χ3n) is 7.59. The zero-order valence-electron chi connectivity index (χ0n) is 24.2. The number of rotatable bonds is 10. The lowest BCUT2D eigenvalue weighted by Gasteiger charge is -2.29. The van der Waals surface area contributed by atoms with E-state index in [2.05, 4.69) is 37.4 Å². The molecular weight excluding hydrogens is 578 g/mol. The number of nitrogens with one attached hydrogen (secondary N) is 1. The van der Waals surface area contributed by atoms with E-state index in [9.17, 15) is 13.6 Å². The second-order valence-corrected chi connectivity index (χ2v) is 10.8. The maximum Gasteiger partial charge on any atom is 0.290 e. The summed E-state index contributed by atoms with van der Waals surface area (Å²) in [5, 5.41) is 10.1. The molecule has 1 fully saturated rings. The van der Waals surface area contributed by atoms with E-state index in [0.717, 1.165) is 54.6 Å². The number of aryl methyl sites for hydroxylation is 1. The second kappa shape index (κ2) is 15.0. The summed E-state index contributed by atoms with van der Waals surface area (Å²) in [6.45, 7) is 5.98. The van der Waals surface area contributed by atoms with Crippen molar-refractivity contribution in [3.05, 3.63) is 99.1 Å². The normalized spacial score (nSPS) is 14.4. The molecule has 1 saturated carbocycles. The Labute approximate surface area is 255 Å². The quantitative estimate of drug-likeness (QED) is 0.158. The van der Waals surface area contributed by atoms with Gasteiger partial charge in [-0.2, -0.15) is 0 Å². The molecule has 5 rings (SSSR count). The number of hydrogen-bond acceptors (Lipinski definition) is 5. The molecule has 228 valence electrons. The lowest BCUT2D eigenvalue weighted by Crippen LogP contribution is -2.39. The first kappa shape index (κ1) is 32.0. The Kier molecular flexibility index (Phi) is 11.1. The number of ether oxygens (including phenoxy) is 2. The Morgan fingerprint density at radius 1 is 1.07 bits per heavy atom. The van der Waals surface area contributed by atoms with Gasteiger partial charge in [0.1, 0.15) is 19.0 Å². The average Bonchev–Trinajstić information content (AvgIpc) is 3.85. The first-order valence-corrected chi connectivity index (χ1v) is 14.5. The van der Waals surface area contributed by atoms with E-state index >= 15 is 0 Å². The molecule has 0 bridgehead atoms. The van der Waals surface area contributed by atoms with Crippen LogP contribution in [-0.4, -0.2) is 54.7 Å². The first-order chi connectivity index (χ1) is 20.7. The Morgan fingerprint density at radius 3 is 2.47 bits per heavy atom. The van der Waals surface area contributed by atoms with Gasteiger partial charge in [0.05, 0.1) is 5.02 Å². The summed E-state index contributed by atoms with van der Waals surface area (Å²) in [6, 6.07) is 16.3. The number of halogens is 3. The molecule has 1 heterocycles. The minimum Gasteiger partial charge on any atom is -0.490 e. The predicted molar refractivity (Wildman–Crippen MR) is 161 cm³/mol. The molecule has 10 heteroatoms. The molecule has 0 spiro atoms. The standard InChI is InChI=1S/C32H33ClF2N2O3.CH2O2/c1-20-4-3-5-23(21(20)2)19-37(24-8-9-24)32(38)27-18-36-15-14-26(27)22-6-10-25(11-7-22)39-16-17-40-31-29(34)13-12-28(33)30(31)35;2-1-3/h3-7,10-13,24,36H,8-9,14-19H2,1-2H3;1H,(H,2,3). The number of carboxylic acid groups (broad SMARTS) is 1. The van der Waals surface area contributed by atoms with Gasteiger partial charge in [-0.25, -0.2) is 8.78 Å². The molecular formula is C33H35ClF2N2O5. The Balaban J connectivity index is 0.00000135. The van der Waals surface area contributed by atoms with Crippen LogP contribution in [0.3, 0.4) is 0 Å². The Morgan fingerprint density at radius 2 is 1.77 bits per heavy atom. The van der Waals surface area contributed by atoms with Crippen LogP contribution in [0.15, 0.2) is 60.2 Å². The lowest BCUT2D eigenvalue weighted by atomic mass is 9.93. The molecule has 0 unspecified atom stereocenters. The predicted octanol–water partition coefficient (Wildman–Crippen LogP) is 6.33. The third-order valence-corrected chi connectivity index (χ3v) is 7.88. The van der Waals surface area contributed by atoms with E-state index < -0.39 is 17.4 Å². The van der Waals surface area contributed by atoms with Gasteiger partial charge in [0, 0.05) is 24.7 Å². The minimum atomic E-state index is -0.930. The van der Waals surface area contributed by atoms with Gasteiger partial charge in [-0.3, -0.25) is 9.59 Å². The zero-order chi connectivity index (χ0) is 30.9. The topological polar surface area (TPSA) is 88.1 Å². The summed E-state index contributed by atoms with van der Waals surface area (Å²) < 4.78 is 38.7. The van der Waals surface area contributed by atoms with Crippen molar-refractivity contribution in [2.45, 2.75) is 45.7 Å². The van der Waals surface area contributed by atoms with Gasteiger partial charge in [-0.05, 0) is 91.7 Å². The van der Waals surface area contributed by atoms with E-state index in [1.807, 2.05) is 29.2 Å². The Hall–Kier alpha value is -3.95. The number of amides is 1. The molecule has 3 aromatic rings. The molecule has 0 saturated heterocycles. The van der Waals surface area contributed by atoms with Gasteiger partial charge < -0.3 is 24.8 Å². The minimum absolute atomic E-state index is 0.0528. The summed E-state index contributed by atoms with van der Waals surface area (Å²) in [5.74, 6) is -1.57. The first-order valence-electron chi connectivity index (χ1n) is 14.1. The van der Waals surface area contributed by atoms with Crippen LogP contribution >= 0.6 is 11.6 Å². The van der Waals surface area contributed by atoms with Crippen molar-refractivity contribution in [2.75, 3.05) is 26.3 Å². The second-order valence-electron chi connectivity index (χ2n) is 10.4. The van der Waals surface area contributed by atoms with Crippen LogP contribution in [0.4, 0.5) is 8.78 Å². The fraction of sp³-hybridized carbons (Fsp3) is 0.333. The van der Waals surface area contributed by atoms with E-state index in [1.54, 1.807) is 0 Å². The van der Waals surface area contributed by atoms with Crippen LogP contribution in [-0.2, 0) is 16.1 Å². The largest absolute Gasteiger partial charge is 0.490 e. The molecule has 0 radical (unpaired) electrons. The number of hydrogen-bond donors (Lipinski definition) is 2. The number of carbonyl (C=O) groups excluding carboxylic acids is 1. The van der Waals surface area contributed by atoms with Crippen LogP contribution in [0, 0.1) is 25.5 Å². The molecule has 43 heavy (non-hydrogen) atoms. The smallest absolute Gasteiger partial charge is 0.290 e. The van der Waals surface area contributed by atoms with Crippen molar-refractivity contribution in [1.82, 2.24) is 10.2 Å². The van der Waals surface area contributed by atoms with E-state index in [-0.39, 0.29) is 36.7 Å². The van der Waals surface area contributed by atoms with Crippen LogP contribution in [0.25, 0.3) is 5.57 Å². The molecule has 7 nitrogen and oxygen atoms in total. The van der Waals surface area contributed by atoms with Crippen molar-refractivity contribution >= 4 is 29.6 Å². The van der Waals surface area contributed by atoms with Crippen molar-refractivity contribution in [2.24, 2.45) is 0 Å². The molecule has 0 aromatic heterocycles. The van der Waals surface area contributed by atoms with Crippen LogP contribution < -0.4 is 14.8 Å². The van der Waals surface area contributed by atoms with Gasteiger partial charge in [-0.1, -0.05) is 41.9 Å². The number of carbonyl (C=O) groups is 2. The summed E-state index contributed by atoms with van der Waals surface area (Å²) in [5.41, 5.74) is 6.52. The van der Waals surface area contributed by atoms with Crippen molar-refractivity contribution in [3.8, 4) is 11.5 Å². The number of nitrogens with zero attached hydrogens (tertiary/aromatic N) is 1. The van der Waals surface area contributed by atoms with Gasteiger partial charge in [0.25, 0.3) is 12.4 Å². The third kappa shape index (κ3) is 8.12. The van der Waals surface area contributed by atoms with E-state index in [0.29, 0.717) is 18.8 Å². The van der Waals surface area contributed by atoms with Gasteiger partial charge in [0.2, 0.25) is 0 Å². The van der Waals surface area contributed by atoms with Gasteiger partial charge in [0.15, 0.2) is 17.4 Å². The van der Waals surface area contributed by atoms with Crippen LogP contribution in [0.5, 0.6) is 11.5 Å². The molecule has 1 aliphatic carbocycles. The highest BCUT2D eigenvalue weighted by molar-refractivity contribution is 6.30. The summed E-state index contributed by atoms with van der Waals surface area (Å²) in [4.78, 5) is 24.3. The summed E-state index contributed by atoms with van der Waals surface area (Å²) in [7, 11) is 0. The summed E-state index contributed by atoms with van der Waals surface area (Å²) >= 11 is 5.70.